The first kappa shape index (κ1) is 13.8. The zero-order valence-corrected chi connectivity index (χ0v) is 11.0. The maximum atomic E-state index is 13.2. The Morgan fingerprint density at radius 1 is 1.21 bits per heavy atom. The van der Waals surface area contributed by atoms with Crippen molar-refractivity contribution in [2.24, 2.45) is 0 Å². The van der Waals surface area contributed by atoms with E-state index in [0.29, 0.717) is 11.8 Å². The smallest absolute Gasteiger partial charge is 0.237 e. The number of nitrogens with zero attached hydrogens (tertiary/aromatic N) is 2. The van der Waals surface area contributed by atoms with E-state index in [1.54, 1.807) is 32.0 Å². The van der Waals surface area contributed by atoms with E-state index in [9.17, 15) is 13.2 Å². The van der Waals surface area contributed by atoms with E-state index >= 15 is 0 Å². The number of fused-ring (bicyclic) bond motifs is 1. The maximum Gasteiger partial charge on any atom is 0.433 e. The molecule has 0 saturated carbocycles. The fourth-order valence-corrected chi connectivity index (χ4v) is 1.93. The van der Waals surface area contributed by atoms with Gasteiger partial charge >= 0.3 is 6.18 Å². The first-order valence-electron chi connectivity index (χ1n) is 6.09. The highest BCUT2D eigenvalue weighted by molar-refractivity contribution is 5.76. The minimum Gasteiger partial charge on any atom is -0.237 e. The molecule has 0 spiro atoms. The summed E-state index contributed by atoms with van der Waals surface area (Å²) < 4.78 is 39.5. The molecule has 0 aliphatic carbocycles. The summed E-state index contributed by atoms with van der Waals surface area (Å²) in [6, 6.07) is 4.98. The van der Waals surface area contributed by atoms with Gasteiger partial charge < -0.3 is 0 Å². The Balaban J connectivity index is 2.79. The summed E-state index contributed by atoms with van der Waals surface area (Å²) in [5.74, 6) is 0. The Hall–Kier alpha value is -1.65. The quantitative estimate of drug-likeness (QED) is 0.809. The highest BCUT2D eigenvalue weighted by Crippen LogP contribution is 2.38. The Bertz CT molecular complexity index is 603. The second-order valence-corrected chi connectivity index (χ2v) is 5.17. The Morgan fingerprint density at radius 3 is 2.47 bits per heavy atom. The number of pyridine rings is 2. The van der Waals surface area contributed by atoms with Crippen LogP contribution in [-0.4, -0.2) is 9.97 Å². The van der Waals surface area contributed by atoms with E-state index in [0.717, 1.165) is 0 Å². The van der Waals surface area contributed by atoms with Crippen LogP contribution in [0.5, 0.6) is 0 Å². The molecule has 0 radical (unpaired) electrons. The number of rotatable bonds is 2. The lowest BCUT2D eigenvalue weighted by Gasteiger charge is -2.26. The van der Waals surface area contributed by atoms with Gasteiger partial charge in [0.15, 0.2) is 11.3 Å². The molecule has 19 heavy (non-hydrogen) atoms. The van der Waals surface area contributed by atoms with Crippen molar-refractivity contribution >= 4 is 11.0 Å². The minimum absolute atomic E-state index is 0.130. The predicted octanol–water partition coefficient (Wildman–Crippen LogP) is 4.34. The van der Waals surface area contributed by atoms with Gasteiger partial charge in [-0.05, 0) is 35.6 Å². The number of aromatic nitrogens is 2. The zero-order chi connectivity index (χ0) is 14.3. The molecule has 2 aromatic heterocycles. The predicted molar refractivity (Wildman–Crippen MR) is 67.9 cm³/mol. The van der Waals surface area contributed by atoms with Crippen molar-refractivity contribution in [3.63, 3.8) is 0 Å². The Labute approximate surface area is 109 Å². The standard InChI is InChI=1S/C14H15F3N2/c1-4-13(2,3)10-8-9-6-5-7-18-12(9)19-11(10)14(15,16)17/h5-8H,4H2,1-3H3. The molecule has 0 N–H and O–H groups in total. The fourth-order valence-electron chi connectivity index (χ4n) is 1.93. The summed E-state index contributed by atoms with van der Waals surface area (Å²) in [5, 5.41) is 0.632. The van der Waals surface area contributed by atoms with Gasteiger partial charge in [-0.25, -0.2) is 9.97 Å². The van der Waals surface area contributed by atoms with E-state index in [1.165, 1.54) is 6.20 Å². The van der Waals surface area contributed by atoms with Crippen molar-refractivity contribution in [1.82, 2.24) is 9.97 Å². The lowest BCUT2D eigenvalue weighted by atomic mass is 9.80. The molecule has 2 rings (SSSR count). The van der Waals surface area contributed by atoms with E-state index < -0.39 is 17.3 Å². The zero-order valence-electron chi connectivity index (χ0n) is 11.0. The first-order valence-corrected chi connectivity index (χ1v) is 6.09. The van der Waals surface area contributed by atoms with Gasteiger partial charge in [-0.3, -0.25) is 0 Å². The van der Waals surface area contributed by atoms with Crippen molar-refractivity contribution in [2.75, 3.05) is 0 Å². The van der Waals surface area contributed by atoms with Gasteiger partial charge in [-0.15, -0.1) is 0 Å². The largest absolute Gasteiger partial charge is 0.433 e. The van der Waals surface area contributed by atoms with Crippen molar-refractivity contribution < 1.29 is 13.2 Å². The van der Waals surface area contributed by atoms with E-state index in [2.05, 4.69) is 9.97 Å². The van der Waals surface area contributed by atoms with Crippen LogP contribution >= 0.6 is 0 Å². The minimum atomic E-state index is -4.46. The van der Waals surface area contributed by atoms with Crippen LogP contribution in [0.3, 0.4) is 0 Å². The molecule has 2 nitrogen and oxygen atoms in total. The Kier molecular flexibility index (Phi) is 3.24. The number of alkyl halides is 3. The summed E-state index contributed by atoms with van der Waals surface area (Å²) in [6.07, 6.45) is -2.42. The van der Waals surface area contributed by atoms with E-state index in [1.807, 2.05) is 6.92 Å². The summed E-state index contributed by atoms with van der Waals surface area (Å²) in [7, 11) is 0. The van der Waals surface area contributed by atoms with E-state index in [-0.39, 0.29) is 11.2 Å². The molecular weight excluding hydrogens is 253 g/mol. The summed E-state index contributed by atoms with van der Waals surface area (Å²) in [6.45, 7) is 5.45. The second kappa shape index (κ2) is 4.47. The van der Waals surface area contributed by atoms with Gasteiger partial charge in [0.2, 0.25) is 0 Å². The van der Waals surface area contributed by atoms with E-state index in [4.69, 9.17) is 0 Å². The molecule has 0 atom stereocenters. The van der Waals surface area contributed by atoms with Crippen LogP contribution in [0.15, 0.2) is 24.4 Å². The third-order valence-electron chi connectivity index (χ3n) is 3.47. The average Bonchev–Trinajstić information content (AvgIpc) is 2.36. The topological polar surface area (TPSA) is 25.8 Å². The van der Waals surface area contributed by atoms with Crippen LogP contribution in [0, 0.1) is 0 Å². The number of hydrogen-bond acceptors (Lipinski definition) is 2. The highest BCUT2D eigenvalue weighted by Gasteiger charge is 2.39. The molecule has 0 aromatic carbocycles. The van der Waals surface area contributed by atoms with Crippen LogP contribution in [0.1, 0.15) is 38.4 Å². The van der Waals surface area contributed by atoms with Crippen LogP contribution in [0.4, 0.5) is 13.2 Å². The lowest BCUT2D eigenvalue weighted by Crippen LogP contribution is -2.23. The average molecular weight is 268 g/mol. The molecular formula is C14H15F3N2. The van der Waals surface area contributed by atoms with Crippen LogP contribution in [-0.2, 0) is 11.6 Å². The highest BCUT2D eigenvalue weighted by atomic mass is 19.4. The second-order valence-electron chi connectivity index (χ2n) is 5.17. The van der Waals surface area contributed by atoms with Crippen molar-refractivity contribution in [3.8, 4) is 0 Å². The molecule has 2 heterocycles. The third-order valence-corrected chi connectivity index (χ3v) is 3.47. The van der Waals surface area contributed by atoms with Gasteiger partial charge in [0, 0.05) is 11.6 Å². The molecule has 2 aromatic rings. The van der Waals surface area contributed by atoms with Crippen molar-refractivity contribution in [1.29, 1.82) is 0 Å². The van der Waals surface area contributed by atoms with Crippen LogP contribution < -0.4 is 0 Å². The summed E-state index contributed by atoms with van der Waals surface area (Å²) in [5.41, 5.74) is -1.05. The SMILES string of the molecule is CCC(C)(C)c1cc2cccnc2nc1C(F)(F)F. The normalized spacial score (nSPS) is 12.9. The van der Waals surface area contributed by atoms with Crippen LogP contribution in [0.25, 0.3) is 11.0 Å². The lowest BCUT2D eigenvalue weighted by molar-refractivity contribution is -0.142. The molecule has 0 aliphatic rings. The van der Waals surface area contributed by atoms with Gasteiger partial charge in [0.25, 0.3) is 0 Å². The fraction of sp³-hybridized carbons (Fsp3) is 0.429. The molecule has 0 saturated heterocycles. The number of hydrogen-bond donors (Lipinski definition) is 0. The van der Waals surface area contributed by atoms with Gasteiger partial charge in [0.1, 0.15) is 0 Å². The molecule has 102 valence electrons. The Morgan fingerprint density at radius 2 is 1.89 bits per heavy atom. The molecule has 0 bridgehead atoms. The van der Waals surface area contributed by atoms with Gasteiger partial charge in [0.05, 0.1) is 0 Å². The monoisotopic (exact) mass is 268 g/mol. The summed E-state index contributed by atoms with van der Waals surface area (Å²) >= 11 is 0. The van der Waals surface area contributed by atoms with Crippen molar-refractivity contribution in [2.45, 2.75) is 38.8 Å². The maximum absolute atomic E-state index is 13.2. The summed E-state index contributed by atoms with van der Waals surface area (Å²) in [4.78, 5) is 7.62. The van der Waals surface area contributed by atoms with Crippen molar-refractivity contribution in [3.05, 3.63) is 35.7 Å². The molecule has 0 unspecified atom stereocenters. The molecule has 5 heteroatoms. The third kappa shape index (κ3) is 2.55. The molecule has 0 aliphatic heterocycles. The van der Waals surface area contributed by atoms with Gasteiger partial charge in [-0.1, -0.05) is 20.8 Å². The number of halogens is 3. The first-order chi connectivity index (χ1) is 8.75. The molecule has 0 amide bonds. The molecule has 0 fully saturated rings. The van der Waals surface area contributed by atoms with Gasteiger partial charge in [-0.2, -0.15) is 13.2 Å². The van der Waals surface area contributed by atoms with Crippen LogP contribution in [0.2, 0.25) is 0 Å².